The molecule has 3 rings (SSSR count). The van der Waals surface area contributed by atoms with E-state index in [0.29, 0.717) is 43.9 Å². The zero-order valence-electron chi connectivity index (χ0n) is 20.6. The Morgan fingerprint density at radius 1 is 0.971 bits per heavy atom. The predicted octanol–water partition coefficient (Wildman–Crippen LogP) is 7.15. The van der Waals surface area contributed by atoms with Crippen LogP contribution < -0.4 is 0 Å². The van der Waals surface area contributed by atoms with Crippen LogP contribution in [0.3, 0.4) is 0 Å². The lowest BCUT2D eigenvalue weighted by atomic mass is 10.0. The van der Waals surface area contributed by atoms with Crippen LogP contribution in [0.25, 0.3) is 0 Å². The summed E-state index contributed by atoms with van der Waals surface area (Å²) in [6, 6.07) is 12.7. The van der Waals surface area contributed by atoms with Gasteiger partial charge in [-0.25, -0.2) is 9.18 Å². The fraction of sp³-hybridized carbons (Fsp3) is 0.607. The molecule has 1 fully saturated rings. The molecule has 2 heterocycles. The van der Waals surface area contributed by atoms with E-state index < -0.39 is 18.1 Å². The third-order valence-corrected chi connectivity index (χ3v) is 6.32. The molecule has 188 valence electrons. The molecule has 2 aromatic rings. The number of aryl methyl sites for hydroxylation is 1. The number of carbonyl (C=O) groups excluding carboxylic acids is 1. The Balaban J connectivity index is 1.46. The molecule has 0 radical (unpaired) electrons. The molecule has 1 aromatic carbocycles. The zero-order valence-corrected chi connectivity index (χ0v) is 20.6. The van der Waals surface area contributed by atoms with Crippen LogP contribution in [0.15, 0.2) is 48.7 Å². The maximum Gasteiger partial charge on any atom is 0.359 e. The van der Waals surface area contributed by atoms with Crippen molar-refractivity contribution in [2.45, 2.75) is 96.2 Å². The molecule has 1 saturated heterocycles. The van der Waals surface area contributed by atoms with E-state index >= 15 is 0 Å². The molecule has 1 atom stereocenters. The van der Waals surface area contributed by atoms with Crippen molar-refractivity contribution >= 4 is 5.97 Å². The standard InChI is InChI=1S/C28H40FNO4/c1-2-3-4-5-6-7-8-12-17-25(29)19-21-30-20-13-18-26(30)27(31)34-28(32-22-14-23-33-28)24-15-10-9-11-16-24/h9-11,13,15-16,18,20,25H,2-8,12,14,17,19,21-23H2,1H3. The number of hydrogen-bond acceptors (Lipinski definition) is 4. The second-order valence-corrected chi connectivity index (χ2v) is 9.10. The van der Waals surface area contributed by atoms with Gasteiger partial charge in [0.1, 0.15) is 11.9 Å². The average Bonchev–Trinajstić information content (AvgIpc) is 3.34. The lowest BCUT2D eigenvalue weighted by Crippen LogP contribution is -2.42. The Morgan fingerprint density at radius 2 is 1.65 bits per heavy atom. The van der Waals surface area contributed by atoms with Crippen LogP contribution in [0, 0.1) is 0 Å². The molecule has 0 aliphatic carbocycles. The molecule has 1 aromatic heterocycles. The minimum atomic E-state index is -1.55. The molecule has 0 saturated carbocycles. The van der Waals surface area contributed by atoms with E-state index in [0.717, 1.165) is 19.3 Å². The first-order chi connectivity index (χ1) is 16.6. The van der Waals surface area contributed by atoms with Crippen LogP contribution in [0.2, 0.25) is 0 Å². The fourth-order valence-electron chi connectivity index (χ4n) is 4.33. The Labute approximate surface area is 203 Å². The number of ether oxygens (including phenoxy) is 3. The van der Waals surface area contributed by atoms with Crippen molar-refractivity contribution in [2.24, 2.45) is 0 Å². The SMILES string of the molecule is CCCCCCCCCCC(F)CCn1cccc1C(=O)OC1(c2ccccc2)OCCCO1. The van der Waals surface area contributed by atoms with Gasteiger partial charge >= 0.3 is 11.9 Å². The molecular formula is C28H40FNO4. The van der Waals surface area contributed by atoms with Crippen molar-refractivity contribution in [3.63, 3.8) is 0 Å². The maximum absolute atomic E-state index is 14.5. The van der Waals surface area contributed by atoms with E-state index in [1.807, 2.05) is 30.3 Å². The van der Waals surface area contributed by atoms with Crippen molar-refractivity contribution < 1.29 is 23.4 Å². The summed E-state index contributed by atoms with van der Waals surface area (Å²) in [7, 11) is 0. The lowest BCUT2D eigenvalue weighted by molar-refractivity contribution is -0.388. The molecule has 34 heavy (non-hydrogen) atoms. The van der Waals surface area contributed by atoms with Crippen LogP contribution >= 0.6 is 0 Å². The molecule has 0 N–H and O–H groups in total. The van der Waals surface area contributed by atoms with E-state index in [1.54, 1.807) is 22.9 Å². The zero-order chi connectivity index (χ0) is 24.1. The first-order valence-electron chi connectivity index (χ1n) is 13.0. The third-order valence-electron chi connectivity index (χ3n) is 6.32. The van der Waals surface area contributed by atoms with Gasteiger partial charge in [-0.1, -0.05) is 76.5 Å². The molecule has 6 heteroatoms. The number of hydrogen-bond donors (Lipinski definition) is 0. The van der Waals surface area contributed by atoms with Gasteiger partial charge in [0, 0.05) is 12.7 Å². The van der Waals surface area contributed by atoms with Crippen molar-refractivity contribution in [3.8, 4) is 0 Å². The van der Waals surface area contributed by atoms with Crippen LogP contribution in [0.5, 0.6) is 0 Å². The van der Waals surface area contributed by atoms with Gasteiger partial charge in [-0.05, 0) is 43.5 Å². The number of rotatable bonds is 15. The van der Waals surface area contributed by atoms with Gasteiger partial charge in [0.25, 0.3) is 0 Å². The number of carbonyl (C=O) groups is 1. The van der Waals surface area contributed by atoms with E-state index in [9.17, 15) is 9.18 Å². The van der Waals surface area contributed by atoms with E-state index in [-0.39, 0.29) is 0 Å². The van der Waals surface area contributed by atoms with Gasteiger partial charge in [0.05, 0.1) is 18.8 Å². The largest absolute Gasteiger partial charge is 0.399 e. The highest BCUT2D eigenvalue weighted by Gasteiger charge is 2.42. The molecule has 0 spiro atoms. The minimum absolute atomic E-state index is 0.368. The predicted molar refractivity (Wildman–Crippen MR) is 131 cm³/mol. The molecule has 1 aliphatic rings. The molecule has 0 bridgehead atoms. The summed E-state index contributed by atoms with van der Waals surface area (Å²) in [4.78, 5) is 13.1. The number of nitrogens with zero attached hydrogens (tertiary/aromatic N) is 1. The van der Waals surface area contributed by atoms with E-state index in [2.05, 4.69) is 6.92 Å². The van der Waals surface area contributed by atoms with E-state index in [4.69, 9.17) is 14.2 Å². The van der Waals surface area contributed by atoms with E-state index in [1.165, 1.54) is 38.5 Å². The van der Waals surface area contributed by atoms with Crippen molar-refractivity contribution in [1.82, 2.24) is 4.57 Å². The van der Waals surface area contributed by atoms with Crippen molar-refractivity contribution in [3.05, 3.63) is 59.9 Å². The molecular weight excluding hydrogens is 433 g/mol. The van der Waals surface area contributed by atoms with Crippen molar-refractivity contribution in [2.75, 3.05) is 13.2 Å². The topological polar surface area (TPSA) is 49.7 Å². The van der Waals surface area contributed by atoms with Crippen LogP contribution in [0.1, 0.15) is 93.6 Å². The number of aromatic nitrogens is 1. The number of unbranched alkanes of at least 4 members (excludes halogenated alkanes) is 7. The summed E-state index contributed by atoms with van der Waals surface area (Å²) in [5.41, 5.74) is 1.00. The summed E-state index contributed by atoms with van der Waals surface area (Å²) >= 11 is 0. The fourth-order valence-corrected chi connectivity index (χ4v) is 4.33. The monoisotopic (exact) mass is 473 g/mol. The second-order valence-electron chi connectivity index (χ2n) is 9.10. The Morgan fingerprint density at radius 3 is 2.35 bits per heavy atom. The summed E-state index contributed by atoms with van der Waals surface area (Å²) in [5.74, 6) is -2.10. The highest BCUT2D eigenvalue weighted by Crippen LogP contribution is 2.33. The Hall–Kier alpha value is -2.18. The average molecular weight is 474 g/mol. The first-order valence-corrected chi connectivity index (χ1v) is 13.0. The Kier molecular flexibility index (Phi) is 11.1. The maximum atomic E-state index is 14.5. The minimum Gasteiger partial charge on any atom is -0.399 e. The summed E-state index contributed by atoms with van der Waals surface area (Å²) < 4.78 is 33.7. The molecule has 1 unspecified atom stereocenters. The van der Waals surface area contributed by atoms with Gasteiger partial charge in [-0.15, -0.1) is 0 Å². The van der Waals surface area contributed by atoms with Gasteiger partial charge in [0.2, 0.25) is 0 Å². The highest BCUT2D eigenvalue weighted by molar-refractivity contribution is 5.88. The van der Waals surface area contributed by atoms with Crippen LogP contribution in [-0.4, -0.2) is 29.9 Å². The summed E-state index contributed by atoms with van der Waals surface area (Å²) in [6.07, 6.45) is 12.3. The van der Waals surface area contributed by atoms with Gasteiger partial charge in [-0.3, -0.25) is 0 Å². The van der Waals surface area contributed by atoms with Crippen LogP contribution in [-0.2, 0) is 26.7 Å². The third kappa shape index (κ3) is 7.95. The number of halogens is 1. The first kappa shape index (κ1) is 26.4. The Bertz CT molecular complexity index is 832. The quantitative estimate of drug-likeness (QED) is 0.204. The number of alkyl halides is 1. The van der Waals surface area contributed by atoms with Crippen molar-refractivity contribution in [1.29, 1.82) is 0 Å². The highest BCUT2D eigenvalue weighted by atomic mass is 19.1. The smallest absolute Gasteiger partial charge is 0.359 e. The lowest BCUT2D eigenvalue weighted by Gasteiger charge is -2.35. The normalized spacial score (nSPS) is 16.3. The van der Waals surface area contributed by atoms with Crippen LogP contribution in [0.4, 0.5) is 4.39 Å². The number of esters is 1. The number of benzene rings is 1. The summed E-state index contributed by atoms with van der Waals surface area (Å²) in [6.45, 7) is 3.52. The second kappa shape index (κ2) is 14.3. The van der Waals surface area contributed by atoms with Gasteiger partial charge in [0.15, 0.2) is 0 Å². The molecule has 1 aliphatic heterocycles. The van der Waals surface area contributed by atoms with Gasteiger partial charge < -0.3 is 18.8 Å². The molecule has 0 amide bonds. The summed E-state index contributed by atoms with van der Waals surface area (Å²) in [5, 5.41) is 0. The van der Waals surface area contributed by atoms with Gasteiger partial charge in [-0.2, -0.15) is 0 Å². The molecule has 5 nitrogen and oxygen atoms in total.